The van der Waals surface area contributed by atoms with E-state index in [9.17, 15) is 23.9 Å². The van der Waals surface area contributed by atoms with Crippen LogP contribution in [-0.4, -0.2) is 33.9 Å². The normalized spacial score (nSPS) is 12.8. The van der Waals surface area contributed by atoms with Crippen molar-refractivity contribution in [2.24, 2.45) is 5.73 Å². The fourth-order valence-corrected chi connectivity index (χ4v) is 3.49. The van der Waals surface area contributed by atoms with Crippen LogP contribution in [0.15, 0.2) is 72.3 Å². The van der Waals surface area contributed by atoms with E-state index in [-0.39, 0.29) is 31.6 Å². The Morgan fingerprint density at radius 2 is 1.42 bits per heavy atom. The molecule has 0 spiro atoms. The molecule has 0 fully saturated rings. The van der Waals surface area contributed by atoms with Crippen LogP contribution >= 0.6 is 7.60 Å². The van der Waals surface area contributed by atoms with E-state index < -0.39 is 31.7 Å². The molecule has 1 unspecified atom stereocenters. The number of rotatable bonds is 11. The zero-order chi connectivity index (χ0) is 22.7. The standard InChI is InChI=1S/C22H26NO7P/c23-20(22(25)30-15-18-9-5-2-6-10-18)13-19(16-31(26,27)28)11-12-21(24)29-14-17-7-3-1-4-8-17/h1-10,13,20H,11-12,14-16,23H2,(H2,26,27,28)/b19-13+. The van der Waals surface area contributed by atoms with Gasteiger partial charge >= 0.3 is 19.5 Å². The third-order valence-electron chi connectivity index (χ3n) is 4.21. The average Bonchev–Trinajstić information content (AvgIpc) is 2.74. The van der Waals surface area contributed by atoms with E-state index in [2.05, 4.69) is 0 Å². The minimum atomic E-state index is -4.42. The molecule has 0 aliphatic heterocycles. The highest BCUT2D eigenvalue weighted by Gasteiger charge is 2.20. The molecule has 2 rings (SSSR count). The fraction of sp³-hybridized carbons (Fsp3) is 0.273. The molecule has 0 aliphatic rings. The SMILES string of the molecule is NC(/C=C(\CCC(=O)OCc1ccccc1)CP(=O)(O)O)C(=O)OCc1ccccc1. The summed E-state index contributed by atoms with van der Waals surface area (Å²) in [5.41, 5.74) is 7.62. The van der Waals surface area contributed by atoms with Gasteiger partial charge in [0.05, 0.1) is 6.16 Å². The van der Waals surface area contributed by atoms with Crippen molar-refractivity contribution in [3.05, 3.63) is 83.4 Å². The summed E-state index contributed by atoms with van der Waals surface area (Å²) < 4.78 is 21.7. The Morgan fingerprint density at radius 1 is 0.903 bits per heavy atom. The summed E-state index contributed by atoms with van der Waals surface area (Å²) in [6, 6.07) is 16.9. The predicted octanol–water partition coefficient (Wildman–Crippen LogP) is 2.68. The first kappa shape index (κ1) is 24.5. The van der Waals surface area contributed by atoms with Crippen LogP contribution < -0.4 is 5.73 Å². The van der Waals surface area contributed by atoms with Gasteiger partial charge < -0.3 is 25.0 Å². The molecule has 0 aromatic heterocycles. The molecule has 0 saturated heterocycles. The lowest BCUT2D eigenvalue weighted by Gasteiger charge is -2.13. The molecule has 0 bridgehead atoms. The third-order valence-corrected chi connectivity index (χ3v) is 5.03. The first-order valence-corrected chi connectivity index (χ1v) is 11.4. The van der Waals surface area contributed by atoms with E-state index in [1.165, 1.54) is 6.08 Å². The quantitative estimate of drug-likeness (QED) is 0.272. The molecule has 166 valence electrons. The summed E-state index contributed by atoms with van der Waals surface area (Å²) in [6.07, 6.45) is 0.512. The molecular formula is C22H26NO7P. The van der Waals surface area contributed by atoms with Crippen LogP contribution in [-0.2, 0) is 36.8 Å². The van der Waals surface area contributed by atoms with Crippen LogP contribution in [0.4, 0.5) is 0 Å². The number of benzene rings is 2. The first-order valence-electron chi connectivity index (χ1n) is 9.63. The maximum atomic E-state index is 12.1. The zero-order valence-corrected chi connectivity index (χ0v) is 17.8. The number of nitrogens with two attached hydrogens (primary N) is 1. The molecule has 1 atom stereocenters. The van der Waals surface area contributed by atoms with Crippen LogP contribution in [0.2, 0.25) is 0 Å². The molecule has 2 aromatic rings. The molecule has 2 aromatic carbocycles. The molecule has 4 N–H and O–H groups in total. The molecule has 0 saturated carbocycles. The van der Waals surface area contributed by atoms with E-state index in [0.717, 1.165) is 11.1 Å². The molecule has 0 amide bonds. The van der Waals surface area contributed by atoms with Gasteiger partial charge in [-0.1, -0.05) is 72.3 Å². The van der Waals surface area contributed by atoms with Crippen molar-refractivity contribution in [3.63, 3.8) is 0 Å². The number of hydrogen-bond acceptors (Lipinski definition) is 6. The molecule has 31 heavy (non-hydrogen) atoms. The number of hydrogen-bond donors (Lipinski definition) is 3. The second kappa shape index (κ2) is 12.2. The van der Waals surface area contributed by atoms with Crippen molar-refractivity contribution in [3.8, 4) is 0 Å². The van der Waals surface area contributed by atoms with Gasteiger partial charge in [-0.15, -0.1) is 0 Å². The van der Waals surface area contributed by atoms with Crippen LogP contribution in [0.3, 0.4) is 0 Å². The lowest BCUT2D eigenvalue weighted by molar-refractivity contribution is -0.145. The van der Waals surface area contributed by atoms with Crippen molar-refractivity contribution < 1.29 is 33.4 Å². The maximum Gasteiger partial charge on any atom is 0.329 e. The fourth-order valence-electron chi connectivity index (χ4n) is 2.70. The third kappa shape index (κ3) is 10.2. The van der Waals surface area contributed by atoms with E-state index in [4.69, 9.17) is 15.2 Å². The average molecular weight is 447 g/mol. The Kier molecular flexibility index (Phi) is 9.62. The Balaban J connectivity index is 1.91. The van der Waals surface area contributed by atoms with Gasteiger partial charge in [0.1, 0.15) is 19.3 Å². The minimum absolute atomic E-state index is 0.00159. The van der Waals surface area contributed by atoms with E-state index >= 15 is 0 Å². The summed E-state index contributed by atoms with van der Waals surface area (Å²) in [7, 11) is -4.42. The summed E-state index contributed by atoms with van der Waals surface area (Å²) in [6.45, 7) is 0.128. The predicted molar refractivity (Wildman–Crippen MR) is 115 cm³/mol. The van der Waals surface area contributed by atoms with Gasteiger partial charge in [0.15, 0.2) is 0 Å². The van der Waals surface area contributed by atoms with Crippen molar-refractivity contribution in [2.75, 3.05) is 6.16 Å². The van der Waals surface area contributed by atoms with E-state index in [1.54, 1.807) is 24.3 Å². The number of allylic oxidation sites excluding steroid dienone is 1. The summed E-state index contributed by atoms with van der Waals surface area (Å²) in [5.74, 6) is -1.26. The van der Waals surface area contributed by atoms with E-state index in [1.807, 2.05) is 36.4 Å². The summed E-state index contributed by atoms with van der Waals surface area (Å²) in [4.78, 5) is 42.7. The Hall–Kier alpha value is -2.77. The smallest absolute Gasteiger partial charge is 0.329 e. The van der Waals surface area contributed by atoms with Gasteiger partial charge in [0, 0.05) is 6.42 Å². The lowest BCUT2D eigenvalue weighted by atomic mass is 10.1. The summed E-state index contributed by atoms with van der Waals surface area (Å²) >= 11 is 0. The van der Waals surface area contributed by atoms with Gasteiger partial charge in [-0.25, -0.2) is 0 Å². The highest BCUT2D eigenvalue weighted by Crippen LogP contribution is 2.37. The number of carbonyl (C=O) groups is 2. The molecule has 8 nitrogen and oxygen atoms in total. The van der Waals surface area contributed by atoms with Crippen LogP contribution in [0.5, 0.6) is 0 Å². The Morgan fingerprint density at radius 3 is 1.94 bits per heavy atom. The van der Waals surface area contributed by atoms with Gasteiger partial charge in [0.2, 0.25) is 0 Å². The molecule has 0 aliphatic carbocycles. The molecule has 0 heterocycles. The molecule has 9 heteroatoms. The molecular weight excluding hydrogens is 421 g/mol. The number of carbonyl (C=O) groups excluding carboxylic acids is 2. The summed E-state index contributed by atoms with van der Waals surface area (Å²) in [5, 5.41) is 0. The van der Waals surface area contributed by atoms with Crippen molar-refractivity contribution in [2.45, 2.75) is 32.1 Å². The van der Waals surface area contributed by atoms with Crippen molar-refractivity contribution in [1.82, 2.24) is 0 Å². The van der Waals surface area contributed by atoms with Gasteiger partial charge in [0.25, 0.3) is 0 Å². The topological polar surface area (TPSA) is 136 Å². The second-order valence-corrected chi connectivity index (χ2v) is 8.56. The zero-order valence-electron chi connectivity index (χ0n) is 16.9. The number of esters is 2. The second-order valence-electron chi connectivity index (χ2n) is 6.91. The highest BCUT2D eigenvalue weighted by molar-refractivity contribution is 7.52. The van der Waals surface area contributed by atoms with E-state index in [0.29, 0.717) is 0 Å². The van der Waals surface area contributed by atoms with Crippen LogP contribution in [0.1, 0.15) is 24.0 Å². The van der Waals surface area contributed by atoms with Gasteiger partial charge in [-0.05, 0) is 17.5 Å². The van der Waals surface area contributed by atoms with Gasteiger partial charge in [-0.2, -0.15) is 0 Å². The minimum Gasteiger partial charge on any atom is -0.461 e. The van der Waals surface area contributed by atoms with Crippen LogP contribution in [0, 0.1) is 0 Å². The van der Waals surface area contributed by atoms with Crippen molar-refractivity contribution >= 4 is 19.5 Å². The Bertz CT molecular complexity index is 925. The van der Waals surface area contributed by atoms with Gasteiger partial charge in [-0.3, -0.25) is 14.2 Å². The first-order chi connectivity index (χ1) is 14.7. The lowest BCUT2D eigenvalue weighted by Crippen LogP contribution is -2.30. The van der Waals surface area contributed by atoms with Crippen LogP contribution in [0.25, 0.3) is 0 Å². The molecule has 0 radical (unpaired) electrons. The largest absolute Gasteiger partial charge is 0.461 e. The number of ether oxygens (including phenoxy) is 2. The Labute approximate surface area is 180 Å². The monoisotopic (exact) mass is 447 g/mol. The van der Waals surface area contributed by atoms with Crippen molar-refractivity contribution in [1.29, 1.82) is 0 Å². The highest BCUT2D eigenvalue weighted by atomic mass is 31.2. The maximum absolute atomic E-state index is 12.1.